The highest BCUT2D eigenvalue weighted by molar-refractivity contribution is 5.92. The molecular formula is C12H21N3O6. The summed E-state index contributed by atoms with van der Waals surface area (Å²) in [4.78, 5) is 44.7. The summed E-state index contributed by atoms with van der Waals surface area (Å²) in [5.41, 5.74) is 5.61. The first kappa shape index (κ1) is 18.8. The van der Waals surface area contributed by atoms with Gasteiger partial charge in [-0.05, 0) is 12.8 Å². The van der Waals surface area contributed by atoms with Crippen LogP contribution in [-0.2, 0) is 19.2 Å². The average Bonchev–Trinajstić information content (AvgIpc) is 2.35. The van der Waals surface area contributed by atoms with Crippen molar-refractivity contribution in [1.29, 1.82) is 0 Å². The molecule has 2 amide bonds. The summed E-state index contributed by atoms with van der Waals surface area (Å²) in [6.45, 7) is 4.82. The van der Waals surface area contributed by atoms with Gasteiger partial charge < -0.3 is 26.6 Å². The summed E-state index contributed by atoms with van der Waals surface area (Å²) in [5, 5.41) is 21.8. The van der Waals surface area contributed by atoms with Gasteiger partial charge in [-0.15, -0.1) is 0 Å². The molecule has 0 aliphatic carbocycles. The highest BCUT2D eigenvalue weighted by atomic mass is 16.4. The first-order valence-electron chi connectivity index (χ1n) is 6.37. The lowest BCUT2D eigenvalue weighted by Gasteiger charge is -2.20. The molecule has 0 bridgehead atoms. The van der Waals surface area contributed by atoms with Gasteiger partial charge in [0.05, 0.1) is 12.5 Å². The third kappa shape index (κ3) is 6.70. The number of hydrogen-bond acceptors (Lipinski definition) is 5. The van der Waals surface area contributed by atoms with Gasteiger partial charge >= 0.3 is 11.9 Å². The van der Waals surface area contributed by atoms with Gasteiger partial charge in [-0.25, -0.2) is 4.79 Å². The lowest BCUT2D eigenvalue weighted by atomic mass is 10.0. The maximum absolute atomic E-state index is 11.7. The number of nitrogens with two attached hydrogens (primary N) is 1. The Balaban J connectivity index is 4.59. The van der Waals surface area contributed by atoms with Crippen molar-refractivity contribution in [1.82, 2.24) is 10.6 Å². The molecule has 0 radical (unpaired) electrons. The molecular weight excluding hydrogens is 282 g/mol. The standard InChI is InChI=1S/C12H21N3O6/c1-5(2)9(13)11(19)14-6(3)10(18)15-7(12(20)21)4-8(16)17/h5-7,9H,4,13H2,1-3H3,(H,14,19)(H,15,18)(H,16,17)(H,20,21)/t6-,7-,9-/m0/s1. The van der Waals surface area contributed by atoms with E-state index in [0.717, 1.165) is 0 Å². The highest BCUT2D eigenvalue weighted by Crippen LogP contribution is 1.99. The zero-order valence-corrected chi connectivity index (χ0v) is 12.1. The number of rotatable bonds is 8. The Morgan fingerprint density at radius 1 is 1.00 bits per heavy atom. The third-order valence-corrected chi connectivity index (χ3v) is 2.77. The molecule has 0 aromatic heterocycles. The molecule has 9 nitrogen and oxygen atoms in total. The van der Waals surface area contributed by atoms with Crippen molar-refractivity contribution in [2.45, 2.75) is 45.3 Å². The number of amides is 2. The molecule has 0 aliphatic rings. The van der Waals surface area contributed by atoms with Crippen LogP contribution in [0.5, 0.6) is 0 Å². The zero-order chi connectivity index (χ0) is 16.7. The average molecular weight is 303 g/mol. The van der Waals surface area contributed by atoms with Crippen LogP contribution >= 0.6 is 0 Å². The van der Waals surface area contributed by atoms with Crippen LogP contribution in [0.3, 0.4) is 0 Å². The third-order valence-electron chi connectivity index (χ3n) is 2.77. The van der Waals surface area contributed by atoms with Crippen LogP contribution in [0.1, 0.15) is 27.2 Å². The number of nitrogens with one attached hydrogen (secondary N) is 2. The molecule has 6 N–H and O–H groups in total. The molecule has 0 aromatic rings. The molecule has 0 aromatic carbocycles. The second kappa shape index (κ2) is 8.20. The molecule has 0 saturated heterocycles. The molecule has 120 valence electrons. The van der Waals surface area contributed by atoms with E-state index < -0.39 is 48.3 Å². The Labute approximate surface area is 121 Å². The van der Waals surface area contributed by atoms with Crippen LogP contribution in [0.2, 0.25) is 0 Å². The number of carboxylic acid groups (broad SMARTS) is 2. The summed E-state index contributed by atoms with van der Waals surface area (Å²) in [7, 11) is 0. The van der Waals surface area contributed by atoms with E-state index in [9.17, 15) is 19.2 Å². The van der Waals surface area contributed by atoms with Crippen molar-refractivity contribution in [3.8, 4) is 0 Å². The second-order valence-electron chi connectivity index (χ2n) is 5.00. The van der Waals surface area contributed by atoms with E-state index in [0.29, 0.717) is 0 Å². The lowest BCUT2D eigenvalue weighted by Crippen LogP contribution is -2.54. The van der Waals surface area contributed by atoms with Crippen molar-refractivity contribution in [3.05, 3.63) is 0 Å². The number of carbonyl (C=O) groups excluding carboxylic acids is 2. The minimum Gasteiger partial charge on any atom is -0.481 e. The fraction of sp³-hybridized carbons (Fsp3) is 0.667. The Morgan fingerprint density at radius 3 is 1.90 bits per heavy atom. The van der Waals surface area contributed by atoms with E-state index >= 15 is 0 Å². The normalized spacial score (nSPS) is 14.9. The van der Waals surface area contributed by atoms with Gasteiger partial charge in [0.15, 0.2) is 0 Å². The fourth-order valence-electron chi connectivity index (χ4n) is 1.35. The monoisotopic (exact) mass is 303 g/mol. The molecule has 0 fully saturated rings. The summed E-state index contributed by atoms with van der Waals surface area (Å²) < 4.78 is 0. The predicted molar refractivity (Wildman–Crippen MR) is 72.2 cm³/mol. The topological polar surface area (TPSA) is 159 Å². The van der Waals surface area contributed by atoms with Crippen molar-refractivity contribution in [2.24, 2.45) is 11.7 Å². The first-order valence-corrected chi connectivity index (χ1v) is 6.37. The summed E-state index contributed by atoms with van der Waals surface area (Å²) in [6, 6.07) is -3.39. The Bertz CT molecular complexity index is 423. The second-order valence-corrected chi connectivity index (χ2v) is 5.00. The van der Waals surface area contributed by atoms with Crippen molar-refractivity contribution < 1.29 is 29.4 Å². The van der Waals surface area contributed by atoms with Gasteiger partial charge in [0.2, 0.25) is 11.8 Å². The summed E-state index contributed by atoms with van der Waals surface area (Å²) in [5.74, 6) is -4.30. The van der Waals surface area contributed by atoms with Crippen LogP contribution in [0.25, 0.3) is 0 Å². The van der Waals surface area contributed by atoms with Crippen LogP contribution in [-0.4, -0.2) is 52.1 Å². The molecule has 0 saturated carbocycles. The highest BCUT2D eigenvalue weighted by Gasteiger charge is 2.27. The molecule has 9 heteroatoms. The summed E-state index contributed by atoms with van der Waals surface area (Å²) >= 11 is 0. The molecule has 0 spiro atoms. The van der Waals surface area contributed by atoms with Gasteiger partial charge in [0.25, 0.3) is 0 Å². The molecule has 0 unspecified atom stereocenters. The minimum absolute atomic E-state index is 0.126. The smallest absolute Gasteiger partial charge is 0.326 e. The predicted octanol–water partition coefficient (Wildman–Crippen LogP) is -1.48. The fourth-order valence-corrected chi connectivity index (χ4v) is 1.35. The van der Waals surface area contributed by atoms with Gasteiger partial charge in [0.1, 0.15) is 12.1 Å². The van der Waals surface area contributed by atoms with E-state index in [-0.39, 0.29) is 5.92 Å². The Morgan fingerprint density at radius 2 is 1.52 bits per heavy atom. The molecule has 0 rings (SSSR count). The van der Waals surface area contributed by atoms with Crippen molar-refractivity contribution in [3.63, 3.8) is 0 Å². The van der Waals surface area contributed by atoms with E-state index in [4.69, 9.17) is 15.9 Å². The minimum atomic E-state index is -1.56. The number of carbonyl (C=O) groups is 4. The van der Waals surface area contributed by atoms with Crippen molar-refractivity contribution >= 4 is 23.8 Å². The van der Waals surface area contributed by atoms with Crippen molar-refractivity contribution in [2.75, 3.05) is 0 Å². The van der Waals surface area contributed by atoms with Crippen LogP contribution < -0.4 is 16.4 Å². The summed E-state index contributed by atoms with van der Waals surface area (Å²) in [6.07, 6.45) is -0.757. The largest absolute Gasteiger partial charge is 0.481 e. The van der Waals surface area contributed by atoms with E-state index in [2.05, 4.69) is 5.32 Å². The van der Waals surface area contributed by atoms with Gasteiger partial charge in [0, 0.05) is 0 Å². The van der Waals surface area contributed by atoms with Gasteiger partial charge in [-0.2, -0.15) is 0 Å². The van der Waals surface area contributed by atoms with E-state index in [1.807, 2.05) is 5.32 Å². The first-order chi connectivity index (χ1) is 9.56. The van der Waals surface area contributed by atoms with Crippen LogP contribution in [0, 0.1) is 5.92 Å². The van der Waals surface area contributed by atoms with E-state index in [1.54, 1.807) is 13.8 Å². The maximum Gasteiger partial charge on any atom is 0.326 e. The van der Waals surface area contributed by atoms with Crippen LogP contribution in [0.15, 0.2) is 0 Å². The van der Waals surface area contributed by atoms with Gasteiger partial charge in [-0.1, -0.05) is 13.8 Å². The SMILES string of the molecule is CC(C)[C@H](N)C(=O)N[C@@H](C)C(=O)N[C@@H](CC(=O)O)C(=O)O. The van der Waals surface area contributed by atoms with E-state index in [1.165, 1.54) is 6.92 Å². The van der Waals surface area contributed by atoms with Crippen LogP contribution in [0.4, 0.5) is 0 Å². The quantitative estimate of drug-likeness (QED) is 0.365. The van der Waals surface area contributed by atoms with Gasteiger partial charge in [-0.3, -0.25) is 14.4 Å². The lowest BCUT2D eigenvalue weighted by molar-refractivity contribution is -0.147. The molecule has 21 heavy (non-hydrogen) atoms. The number of aliphatic carboxylic acids is 2. The Kier molecular flexibility index (Phi) is 7.36. The Hall–Kier alpha value is -2.16. The zero-order valence-electron chi connectivity index (χ0n) is 12.1. The molecule has 0 heterocycles. The number of hydrogen-bond donors (Lipinski definition) is 5. The maximum atomic E-state index is 11.7. The number of carboxylic acids is 2. The molecule has 3 atom stereocenters. The molecule has 0 aliphatic heterocycles.